The lowest BCUT2D eigenvalue weighted by Crippen LogP contribution is -2.37. The van der Waals surface area contributed by atoms with E-state index in [0.29, 0.717) is 51.6 Å². The van der Waals surface area contributed by atoms with Crippen LogP contribution in [0.15, 0.2) is 30.3 Å². The first-order chi connectivity index (χ1) is 15.0. The van der Waals surface area contributed by atoms with Crippen molar-refractivity contribution in [3.8, 4) is 17.2 Å². The molecule has 1 aromatic heterocycles. The van der Waals surface area contributed by atoms with Crippen LogP contribution < -0.4 is 19.1 Å². The summed E-state index contributed by atoms with van der Waals surface area (Å²) in [6, 6.07) is 8.65. The number of nitrogens with zero attached hydrogens (tertiary/aromatic N) is 2. The number of fused-ring (bicyclic) bond motifs is 1. The van der Waals surface area contributed by atoms with Gasteiger partial charge in [-0.2, -0.15) is 0 Å². The molecule has 0 N–H and O–H groups in total. The second-order valence-corrected chi connectivity index (χ2v) is 8.43. The van der Waals surface area contributed by atoms with Gasteiger partial charge in [-0.05, 0) is 43.2 Å². The van der Waals surface area contributed by atoms with Crippen LogP contribution in [-0.2, 0) is 4.74 Å². The first-order valence-electron chi connectivity index (χ1n) is 9.84. The van der Waals surface area contributed by atoms with Crippen LogP contribution in [0.25, 0.3) is 10.2 Å². The zero-order valence-corrected chi connectivity index (χ0v) is 19.1. The molecule has 2 heterocycles. The maximum Gasteiger partial charge on any atom is 0.260 e. The molecule has 31 heavy (non-hydrogen) atoms. The number of rotatable bonds is 7. The van der Waals surface area contributed by atoms with Gasteiger partial charge in [0, 0.05) is 12.2 Å². The summed E-state index contributed by atoms with van der Waals surface area (Å²) in [6.45, 7) is 1.09. The van der Waals surface area contributed by atoms with E-state index in [1.54, 1.807) is 49.5 Å². The fraction of sp³-hybridized carbons (Fsp3) is 0.364. The monoisotopic (exact) mass is 462 g/mol. The highest BCUT2D eigenvalue weighted by atomic mass is 35.5. The standard InChI is InChI=1S/C22H23ClN2O5S/c1-27-16-8-6-13(11-18(16)29-3)21(26)25(12-14-5-4-10-30-14)22-24-19-17(28-2)9-7-15(23)20(19)31-22/h6-9,11,14H,4-5,10,12H2,1-3H3. The number of methoxy groups -OCH3 is 3. The van der Waals surface area contributed by atoms with E-state index in [1.807, 2.05) is 0 Å². The summed E-state index contributed by atoms with van der Waals surface area (Å²) in [5, 5.41) is 1.10. The number of thiazole rings is 1. The molecule has 0 bridgehead atoms. The Balaban J connectivity index is 1.77. The van der Waals surface area contributed by atoms with Crippen molar-refractivity contribution < 1.29 is 23.7 Å². The lowest BCUT2D eigenvalue weighted by molar-refractivity contribution is 0.0917. The molecular weight excluding hydrogens is 440 g/mol. The smallest absolute Gasteiger partial charge is 0.260 e. The highest BCUT2D eigenvalue weighted by Gasteiger charge is 2.28. The Hall–Kier alpha value is -2.55. The number of aromatic nitrogens is 1. The van der Waals surface area contributed by atoms with Crippen LogP contribution in [0.3, 0.4) is 0 Å². The van der Waals surface area contributed by atoms with Gasteiger partial charge < -0.3 is 18.9 Å². The largest absolute Gasteiger partial charge is 0.494 e. The van der Waals surface area contributed by atoms with Crippen molar-refractivity contribution in [3.05, 3.63) is 40.9 Å². The average molecular weight is 463 g/mol. The normalized spacial score (nSPS) is 15.8. The van der Waals surface area contributed by atoms with Gasteiger partial charge in [-0.1, -0.05) is 22.9 Å². The van der Waals surface area contributed by atoms with E-state index >= 15 is 0 Å². The number of benzene rings is 2. The third kappa shape index (κ3) is 4.28. The molecule has 1 fully saturated rings. The zero-order valence-electron chi connectivity index (χ0n) is 17.5. The van der Waals surface area contributed by atoms with Gasteiger partial charge in [0.1, 0.15) is 11.3 Å². The molecule has 1 amide bonds. The van der Waals surface area contributed by atoms with Crippen LogP contribution in [0.4, 0.5) is 5.13 Å². The number of anilines is 1. The maximum atomic E-state index is 13.6. The molecule has 2 aromatic carbocycles. The van der Waals surface area contributed by atoms with Gasteiger partial charge in [0.25, 0.3) is 5.91 Å². The fourth-order valence-electron chi connectivity index (χ4n) is 3.59. The van der Waals surface area contributed by atoms with Gasteiger partial charge in [0.2, 0.25) is 0 Å². The quantitative estimate of drug-likeness (QED) is 0.502. The predicted molar refractivity (Wildman–Crippen MR) is 121 cm³/mol. The van der Waals surface area contributed by atoms with Crippen LogP contribution in [0.2, 0.25) is 5.02 Å². The van der Waals surface area contributed by atoms with E-state index in [1.165, 1.54) is 18.4 Å². The summed E-state index contributed by atoms with van der Waals surface area (Å²) < 4.78 is 22.7. The second-order valence-electron chi connectivity index (χ2n) is 7.04. The van der Waals surface area contributed by atoms with Crippen molar-refractivity contribution in [2.24, 2.45) is 0 Å². The van der Waals surface area contributed by atoms with Crippen LogP contribution in [-0.4, -0.2) is 51.5 Å². The lowest BCUT2D eigenvalue weighted by atomic mass is 10.1. The minimum Gasteiger partial charge on any atom is -0.494 e. The van der Waals surface area contributed by atoms with Gasteiger partial charge in [-0.3, -0.25) is 9.69 Å². The second kappa shape index (κ2) is 9.30. The van der Waals surface area contributed by atoms with Gasteiger partial charge >= 0.3 is 0 Å². The summed E-state index contributed by atoms with van der Waals surface area (Å²) in [6.07, 6.45) is 1.82. The molecular formula is C22H23ClN2O5S. The zero-order chi connectivity index (χ0) is 22.0. The topological polar surface area (TPSA) is 70.1 Å². The lowest BCUT2D eigenvalue weighted by Gasteiger charge is -2.23. The highest BCUT2D eigenvalue weighted by molar-refractivity contribution is 7.23. The summed E-state index contributed by atoms with van der Waals surface area (Å²) >= 11 is 7.76. The summed E-state index contributed by atoms with van der Waals surface area (Å²) in [5.74, 6) is 1.45. The number of carbonyl (C=O) groups excluding carboxylic acids is 1. The third-order valence-electron chi connectivity index (χ3n) is 5.18. The number of carbonyl (C=O) groups is 1. The number of ether oxygens (including phenoxy) is 4. The van der Waals surface area contributed by atoms with E-state index in [0.717, 1.165) is 17.5 Å². The first kappa shape index (κ1) is 21.7. The molecule has 4 rings (SSSR count). The molecule has 0 radical (unpaired) electrons. The predicted octanol–water partition coefficient (Wildman–Crippen LogP) is 4.80. The fourth-order valence-corrected chi connectivity index (χ4v) is 4.85. The van der Waals surface area contributed by atoms with Crippen molar-refractivity contribution in [1.82, 2.24) is 4.98 Å². The molecule has 9 heteroatoms. The van der Waals surface area contributed by atoms with Gasteiger partial charge in [0.05, 0.1) is 43.7 Å². The molecule has 0 saturated carbocycles. The number of halogens is 1. The van der Waals surface area contributed by atoms with Crippen LogP contribution in [0.1, 0.15) is 23.2 Å². The minimum atomic E-state index is -0.203. The van der Waals surface area contributed by atoms with Gasteiger partial charge in [-0.15, -0.1) is 0 Å². The number of amides is 1. The molecule has 0 aliphatic carbocycles. The third-order valence-corrected chi connectivity index (χ3v) is 6.72. The van der Waals surface area contributed by atoms with E-state index < -0.39 is 0 Å². The molecule has 3 aromatic rings. The Kier molecular flexibility index (Phi) is 6.50. The summed E-state index contributed by atoms with van der Waals surface area (Å²) in [5.41, 5.74) is 1.10. The van der Waals surface area contributed by atoms with E-state index in [2.05, 4.69) is 0 Å². The molecule has 1 aliphatic heterocycles. The van der Waals surface area contributed by atoms with E-state index in [4.69, 9.17) is 35.5 Å². The molecule has 0 spiro atoms. The minimum absolute atomic E-state index is 0.0477. The summed E-state index contributed by atoms with van der Waals surface area (Å²) in [4.78, 5) is 20.0. The Morgan fingerprint density at radius 1 is 1.16 bits per heavy atom. The molecule has 164 valence electrons. The van der Waals surface area contributed by atoms with E-state index in [9.17, 15) is 4.79 Å². The van der Waals surface area contributed by atoms with E-state index in [-0.39, 0.29) is 12.0 Å². The first-order valence-corrected chi connectivity index (χ1v) is 11.0. The van der Waals surface area contributed by atoms with Gasteiger partial charge in [-0.25, -0.2) is 4.98 Å². The van der Waals surface area contributed by atoms with Crippen molar-refractivity contribution >= 4 is 44.2 Å². The summed E-state index contributed by atoms with van der Waals surface area (Å²) in [7, 11) is 4.68. The van der Waals surface area contributed by atoms with Crippen molar-refractivity contribution in [2.75, 3.05) is 39.4 Å². The van der Waals surface area contributed by atoms with Crippen molar-refractivity contribution in [1.29, 1.82) is 0 Å². The average Bonchev–Trinajstić information content (AvgIpc) is 3.47. The van der Waals surface area contributed by atoms with Crippen LogP contribution in [0.5, 0.6) is 17.2 Å². The Bertz CT molecular complexity index is 1100. The number of hydrogen-bond donors (Lipinski definition) is 0. The van der Waals surface area contributed by atoms with Gasteiger partial charge in [0.15, 0.2) is 16.6 Å². The molecule has 1 atom stereocenters. The molecule has 1 saturated heterocycles. The molecule has 7 nitrogen and oxygen atoms in total. The van der Waals surface area contributed by atoms with Crippen molar-refractivity contribution in [2.45, 2.75) is 18.9 Å². The number of hydrogen-bond acceptors (Lipinski definition) is 7. The molecule has 1 unspecified atom stereocenters. The highest BCUT2D eigenvalue weighted by Crippen LogP contribution is 2.39. The Labute approximate surface area is 189 Å². The maximum absolute atomic E-state index is 13.6. The molecule has 1 aliphatic rings. The SMILES string of the molecule is COc1ccc(C(=O)N(CC2CCCO2)c2nc3c(OC)ccc(Cl)c3s2)cc1OC. The van der Waals surface area contributed by atoms with Crippen LogP contribution >= 0.6 is 22.9 Å². The van der Waals surface area contributed by atoms with Crippen LogP contribution in [0, 0.1) is 0 Å². The van der Waals surface area contributed by atoms with Crippen molar-refractivity contribution in [3.63, 3.8) is 0 Å². The Morgan fingerprint density at radius 2 is 1.90 bits per heavy atom. The Morgan fingerprint density at radius 3 is 2.58 bits per heavy atom.